The predicted molar refractivity (Wildman–Crippen MR) is 215 cm³/mol. The van der Waals surface area contributed by atoms with Crippen LogP contribution in [0, 0.1) is 0 Å². The van der Waals surface area contributed by atoms with Crippen molar-refractivity contribution in [2.45, 2.75) is 135 Å². The zero-order chi connectivity index (χ0) is 38.5. The molecule has 8 heteroatoms. The number of unbranched alkanes of at least 4 members (excludes halogenated alkanes) is 6. The lowest BCUT2D eigenvalue weighted by Gasteiger charge is -2.31. The van der Waals surface area contributed by atoms with Gasteiger partial charge in [-0.05, 0) is 70.6 Å². The van der Waals surface area contributed by atoms with Gasteiger partial charge >= 0.3 is 17.9 Å². The molecule has 2 atom stereocenters. The molecule has 0 saturated heterocycles. The predicted octanol–water partition coefficient (Wildman–Crippen LogP) is 10.2. The van der Waals surface area contributed by atoms with Gasteiger partial charge in [-0.15, -0.1) is 0 Å². The molecule has 0 heterocycles. The van der Waals surface area contributed by atoms with Gasteiger partial charge in [0.05, 0.1) is 34.4 Å². The van der Waals surface area contributed by atoms with Gasteiger partial charge in [0.25, 0.3) is 0 Å². The zero-order valence-corrected chi connectivity index (χ0v) is 33.2. The number of rotatable bonds is 33. The second kappa shape index (κ2) is 34.6. The third-order valence-electron chi connectivity index (χ3n) is 8.06. The number of ether oxygens (including phenoxy) is 3. The third-order valence-corrected chi connectivity index (χ3v) is 8.06. The molecular formula is C44H72NO7+. The molecular weight excluding hydrogens is 654 g/mol. The maximum atomic E-state index is 12.6. The number of likely N-dealkylation sites (N-methyl/N-ethyl adjacent to an activating group) is 1. The number of carbonyl (C=O) groups excluding carboxylic acids is 2. The number of quaternary nitrogens is 1. The lowest BCUT2D eigenvalue weighted by Crippen LogP contribution is -2.50. The van der Waals surface area contributed by atoms with E-state index in [1.54, 1.807) is 0 Å². The molecule has 294 valence electrons. The van der Waals surface area contributed by atoms with Gasteiger partial charge in [0.15, 0.2) is 12.1 Å². The minimum Gasteiger partial charge on any atom is -0.477 e. The number of carbonyl (C=O) groups is 3. The van der Waals surface area contributed by atoms with E-state index in [1.165, 1.54) is 12.8 Å². The molecule has 2 unspecified atom stereocenters. The average Bonchev–Trinajstić information content (AvgIpc) is 3.09. The number of allylic oxidation sites excluding steroid dienone is 14. The minimum atomic E-state index is -0.893. The monoisotopic (exact) mass is 727 g/mol. The Bertz CT molecular complexity index is 1120. The SMILES string of the molecule is CC/C=C/C/C=C/C/C=C/C/C=C/C/C=C/CCCC(=O)OC(COCCC(C(=O)O)[N+](C)(C)C)COC(=O)CCCCC/C=C/C=C/CCCC. The van der Waals surface area contributed by atoms with E-state index in [-0.39, 0.29) is 42.7 Å². The summed E-state index contributed by atoms with van der Waals surface area (Å²) in [5.41, 5.74) is 0. The van der Waals surface area contributed by atoms with Crippen LogP contribution in [0.5, 0.6) is 0 Å². The first-order valence-corrected chi connectivity index (χ1v) is 19.6. The molecule has 0 radical (unpaired) electrons. The molecule has 1 N–H and O–H groups in total. The first-order valence-electron chi connectivity index (χ1n) is 19.6. The van der Waals surface area contributed by atoms with Crippen molar-refractivity contribution in [2.24, 2.45) is 0 Å². The molecule has 0 amide bonds. The van der Waals surface area contributed by atoms with E-state index < -0.39 is 18.1 Å². The van der Waals surface area contributed by atoms with Crippen LogP contribution in [-0.4, -0.2) is 80.6 Å². The minimum absolute atomic E-state index is 0.0243. The van der Waals surface area contributed by atoms with Crippen molar-refractivity contribution in [2.75, 3.05) is 41.0 Å². The van der Waals surface area contributed by atoms with Crippen LogP contribution in [0.25, 0.3) is 0 Å². The highest BCUT2D eigenvalue weighted by Gasteiger charge is 2.31. The van der Waals surface area contributed by atoms with E-state index in [2.05, 4.69) is 98.9 Å². The summed E-state index contributed by atoms with van der Waals surface area (Å²) in [5, 5.41) is 9.58. The highest BCUT2D eigenvalue weighted by molar-refractivity contribution is 5.72. The molecule has 0 aromatic carbocycles. The Labute approximate surface area is 316 Å². The van der Waals surface area contributed by atoms with Crippen LogP contribution in [0.2, 0.25) is 0 Å². The molecule has 0 spiro atoms. The van der Waals surface area contributed by atoms with E-state index in [0.717, 1.165) is 70.6 Å². The van der Waals surface area contributed by atoms with Gasteiger partial charge in [0, 0.05) is 19.3 Å². The second-order valence-corrected chi connectivity index (χ2v) is 13.8. The maximum absolute atomic E-state index is 12.6. The Morgan fingerprint density at radius 2 is 1.15 bits per heavy atom. The van der Waals surface area contributed by atoms with Crippen molar-refractivity contribution in [3.05, 3.63) is 85.1 Å². The number of nitrogens with zero attached hydrogens (tertiary/aromatic N) is 1. The molecule has 0 aliphatic rings. The molecule has 0 aromatic heterocycles. The Kier molecular flexibility index (Phi) is 32.3. The van der Waals surface area contributed by atoms with Gasteiger partial charge in [0.1, 0.15) is 6.61 Å². The molecule has 52 heavy (non-hydrogen) atoms. The van der Waals surface area contributed by atoms with Gasteiger partial charge in [0.2, 0.25) is 0 Å². The first kappa shape index (κ1) is 48.5. The van der Waals surface area contributed by atoms with Gasteiger partial charge in [-0.3, -0.25) is 9.59 Å². The summed E-state index contributed by atoms with van der Waals surface area (Å²) in [7, 11) is 5.48. The number of aliphatic carboxylic acids is 1. The Morgan fingerprint density at radius 1 is 0.615 bits per heavy atom. The van der Waals surface area contributed by atoms with Crippen LogP contribution in [-0.2, 0) is 28.6 Å². The summed E-state index contributed by atoms with van der Waals surface area (Å²) in [5.74, 6) is -1.60. The quantitative estimate of drug-likeness (QED) is 0.0236. The van der Waals surface area contributed by atoms with Gasteiger partial charge in [-0.1, -0.05) is 118 Å². The Balaban J connectivity index is 4.57. The average molecular weight is 727 g/mol. The van der Waals surface area contributed by atoms with E-state index in [0.29, 0.717) is 19.3 Å². The number of carboxylic acid groups (broad SMARTS) is 1. The van der Waals surface area contributed by atoms with Crippen LogP contribution in [0.1, 0.15) is 123 Å². The summed E-state index contributed by atoms with van der Waals surface area (Å²) in [4.78, 5) is 36.8. The number of carboxylic acids is 1. The molecule has 0 fully saturated rings. The fourth-order valence-corrected chi connectivity index (χ4v) is 4.98. The largest absolute Gasteiger partial charge is 0.477 e. The smallest absolute Gasteiger partial charge is 0.362 e. The molecule has 0 aliphatic carbocycles. The molecule has 0 bridgehead atoms. The van der Waals surface area contributed by atoms with Crippen LogP contribution >= 0.6 is 0 Å². The van der Waals surface area contributed by atoms with Crippen LogP contribution < -0.4 is 0 Å². The normalized spacial score (nSPS) is 13.9. The van der Waals surface area contributed by atoms with Crippen molar-refractivity contribution >= 4 is 17.9 Å². The van der Waals surface area contributed by atoms with Crippen molar-refractivity contribution in [1.82, 2.24) is 0 Å². The van der Waals surface area contributed by atoms with E-state index >= 15 is 0 Å². The molecule has 0 aliphatic heterocycles. The summed E-state index contributed by atoms with van der Waals surface area (Å²) >= 11 is 0. The lowest BCUT2D eigenvalue weighted by atomic mass is 10.1. The van der Waals surface area contributed by atoms with Gasteiger partial charge in [-0.2, -0.15) is 0 Å². The molecule has 0 aromatic rings. The van der Waals surface area contributed by atoms with E-state index in [4.69, 9.17) is 14.2 Å². The standard InChI is InChI=1S/C44H71NO7/c1-6-8-10-12-14-16-18-19-20-21-22-23-25-27-29-31-33-35-43(47)52-40(38-50-37-36-41(44(48)49)45(3,4)5)39-51-42(46)34-32-30-28-26-24-17-15-13-11-9-7-2/h8,10,13-17,19-20,22-24,27,29,40-41H,6-7,9,11-12,18,21,25-26,28,30-39H2,1-5H3/p+1/b10-8+,15-13+,16-14+,20-19+,23-22+,24-17+,29-27+. The van der Waals surface area contributed by atoms with Crippen molar-refractivity contribution in [1.29, 1.82) is 0 Å². The highest BCUT2D eigenvalue weighted by atomic mass is 16.6. The van der Waals surface area contributed by atoms with Gasteiger partial charge < -0.3 is 23.8 Å². The first-order chi connectivity index (χ1) is 25.1. The number of hydrogen-bond donors (Lipinski definition) is 1. The molecule has 0 rings (SSSR count). The fraction of sp³-hybridized carbons (Fsp3) is 0.614. The lowest BCUT2D eigenvalue weighted by molar-refractivity contribution is -0.887. The van der Waals surface area contributed by atoms with E-state index in [1.807, 2.05) is 21.1 Å². The maximum Gasteiger partial charge on any atom is 0.362 e. The fourth-order valence-electron chi connectivity index (χ4n) is 4.98. The Morgan fingerprint density at radius 3 is 1.71 bits per heavy atom. The highest BCUT2D eigenvalue weighted by Crippen LogP contribution is 2.11. The summed E-state index contributed by atoms with van der Waals surface area (Å²) in [6, 6.07) is -0.632. The Hall–Kier alpha value is -3.49. The molecule has 8 nitrogen and oxygen atoms in total. The van der Waals surface area contributed by atoms with Crippen molar-refractivity contribution < 1.29 is 38.2 Å². The third kappa shape index (κ3) is 32.4. The van der Waals surface area contributed by atoms with Crippen LogP contribution in [0.4, 0.5) is 0 Å². The summed E-state index contributed by atoms with van der Waals surface area (Å²) < 4.78 is 17.1. The van der Waals surface area contributed by atoms with E-state index in [9.17, 15) is 19.5 Å². The molecule has 0 saturated carbocycles. The number of hydrogen-bond acceptors (Lipinski definition) is 6. The number of esters is 2. The summed E-state index contributed by atoms with van der Waals surface area (Å²) in [6.07, 6.45) is 43.5. The topological polar surface area (TPSA) is 99.1 Å². The second-order valence-electron chi connectivity index (χ2n) is 13.8. The van der Waals surface area contributed by atoms with Crippen molar-refractivity contribution in [3.63, 3.8) is 0 Å². The van der Waals surface area contributed by atoms with Crippen molar-refractivity contribution in [3.8, 4) is 0 Å². The zero-order valence-electron chi connectivity index (χ0n) is 33.2. The summed E-state index contributed by atoms with van der Waals surface area (Å²) in [6.45, 7) is 4.44. The van der Waals surface area contributed by atoms with Crippen LogP contribution in [0.15, 0.2) is 85.1 Å². The van der Waals surface area contributed by atoms with Gasteiger partial charge in [-0.25, -0.2) is 4.79 Å². The van der Waals surface area contributed by atoms with Crippen LogP contribution in [0.3, 0.4) is 0 Å².